The van der Waals surface area contributed by atoms with Gasteiger partial charge in [0.1, 0.15) is 5.75 Å². The van der Waals surface area contributed by atoms with Gasteiger partial charge in [-0.3, -0.25) is 19.7 Å². The molecule has 0 aliphatic carbocycles. The van der Waals surface area contributed by atoms with Gasteiger partial charge in [-0.1, -0.05) is 19.1 Å². The Morgan fingerprint density at radius 3 is 1.92 bits per heavy atom. The standard InChI is InChI=1S/C44H31N7O2/c1-2-41(52)53-32-5-3-4-29(24-32)34-26-47-23-18-33(34)44-39-9-7-31(49-39)25-30-6-8-35(48-30)42(27-14-19-45-20-15-27)36-10-11-37(50-36)43(28-16-21-46-22-17-28)38-12-13-40(44)51-38/h3-26,48,51H,2H2,1H3. The predicted molar refractivity (Wildman–Crippen MR) is 210 cm³/mol. The smallest absolute Gasteiger partial charge is 0.310 e. The first-order chi connectivity index (χ1) is 26.1. The van der Waals surface area contributed by atoms with Crippen molar-refractivity contribution >= 4 is 52.3 Å². The Balaban J connectivity index is 1.37. The number of rotatable bonds is 6. The van der Waals surface area contributed by atoms with E-state index in [1.54, 1.807) is 44.0 Å². The number of pyridine rings is 3. The predicted octanol–water partition coefficient (Wildman–Crippen LogP) is 9.82. The van der Waals surface area contributed by atoms with Crippen LogP contribution in [0.25, 0.3) is 90.9 Å². The first-order valence-electron chi connectivity index (χ1n) is 17.3. The number of H-pyrrole nitrogens is 2. The number of fused-ring (bicyclic) bond motifs is 8. The van der Waals surface area contributed by atoms with Gasteiger partial charge in [-0.2, -0.15) is 0 Å². The number of carbonyl (C=O) groups excluding carboxylic acids is 1. The summed E-state index contributed by atoms with van der Waals surface area (Å²) in [4.78, 5) is 43.1. The number of aromatic nitrogens is 7. The molecule has 9 heteroatoms. The minimum Gasteiger partial charge on any atom is -0.427 e. The van der Waals surface area contributed by atoms with Crippen molar-refractivity contribution in [2.45, 2.75) is 13.3 Å². The second-order valence-corrected chi connectivity index (χ2v) is 12.6. The van der Waals surface area contributed by atoms with Crippen molar-refractivity contribution in [3.05, 3.63) is 145 Å². The van der Waals surface area contributed by atoms with E-state index in [9.17, 15) is 4.79 Å². The Morgan fingerprint density at radius 1 is 0.585 bits per heavy atom. The first kappa shape index (κ1) is 31.7. The van der Waals surface area contributed by atoms with Crippen LogP contribution in [0.2, 0.25) is 0 Å². The van der Waals surface area contributed by atoms with Crippen molar-refractivity contribution in [1.82, 2.24) is 34.9 Å². The van der Waals surface area contributed by atoms with Crippen molar-refractivity contribution in [1.29, 1.82) is 0 Å². The Hall–Kier alpha value is -7.26. The number of nitrogens with one attached hydrogen (secondary N) is 2. The number of ether oxygens (including phenoxy) is 1. The molecular weight excluding hydrogens is 659 g/mol. The van der Waals surface area contributed by atoms with Gasteiger partial charge in [0.05, 0.1) is 22.8 Å². The van der Waals surface area contributed by atoms with Gasteiger partial charge < -0.3 is 14.7 Å². The third kappa shape index (κ3) is 6.10. The van der Waals surface area contributed by atoms with Crippen LogP contribution in [0, 0.1) is 0 Å². The van der Waals surface area contributed by atoms with Gasteiger partial charge in [0.25, 0.3) is 0 Å². The van der Waals surface area contributed by atoms with E-state index in [1.807, 2.05) is 72.9 Å². The molecule has 0 radical (unpaired) electrons. The molecule has 9 rings (SSSR count). The average molecular weight is 690 g/mol. The Labute approximate surface area is 304 Å². The van der Waals surface area contributed by atoms with E-state index >= 15 is 0 Å². The Kier molecular flexibility index (Phi) is 8.05. The molecule has 0 saturated heterocycles. The maximum absolute atomic E-state index is 12.2. The first-order valence-corrected chi connectivity index (χ1v) is 17.3. The highest BCUT2D eigenvalue weighted by atomic mass is 16.5. The molecule has 0 spiro atoms. The summed E-state index contributed by atoms with van der Waals surface area (Å²) in [6.07, 6.45) is 19.3. The lowest BCUT2D eigenvalue weighted by Gasteiger charge is -2.12. The quantitative estimate of drug-likeness (QED) is 0.132. The van der Waals surface area contributed by atoms with Crippen molar-refractivity contribution in [3.8, 4) is 50.3 Å². The Bertz CT molecular complexity index is 2770. The van der Waals surface area contributed by atoms with Crippen LogP contribution in [0.15, 0.2) is 122 Å². The van der Waals surface area contributed by atoms with Crippen molar-refractivity contribution < 1.29 is 9.53 Å². The third-order valence-electron chi connectivity index (χ3n) is 9.27. The van der Waals surface area contributed by atoms with Gasteiger partial charge in [-0.25, -0.2) is 9.97 Å². The highest BCUT2D eigenvalue weighted by Gasteiger charge is 2.19. The minimum atomic E-state index is -0.294. The van der Waals surface area contributed by atoms with Gasteiger partial charge in [0.2, 0.25) is 0 Å². The fourth-order valence-electron chi connectivity index (χ4n) is 6.84. The molecule has 0 saturated carbocycles. The fourth-order valence-corrected chi connectivity index (χ4v) is 6.84. The van der Waals surface area contributed by atoms with E-state index in [1.165, 1.54) is 0 Å². The van der Waals surface area contributed by atoms with E-state index in [0.717, 1.165) is 89.4 Å². The zero-order valence-corrected chi connectivity index (χ0v) is 28.6. The maximum Gasteiger partial charge on any atom is 0.310 e. The van der Waals surface area contributed by atoms with E-state index < -0.39 is 0 Å². The molecule has 2 N–H and O–H groups in total. The summed E-state index contributed by atoms with van der Waals surface area (Å²) in [6.45, 7) is 1.78. The summed E-state index contributed by atoms with van der Waals surface area (Å²) < 4.78 is 5.59. The number of benzene rings is 1. The Morgan fingerprint density at radius 2 is 1.21 bits per heavy atom. The lowest BCUT2D eigenvalue weighted by molar-refractivity contribution is -0.134. The summed E-state index contributed by atoms with van der Waals surface area (Å²) in [7, 11) is 0. The number of nitrogens with zero attached hydrogens (tertiary/aromatic N) is 5. The van der Waals surface area contributed by atoms with Crippen LogP contribution in [0.3, 0.4) is 0 Å². The molecule has 8 bridgehead atoms. The van der Waals surface area contributed by atoms with Gasteiger partial charge in [0.15, 0.2) is 0 Å². The minimum absolute atomic E-state index is 0.283. The molecule has 0 fully saturated rings. The van der Waals surface area contributed by atoms with Crippen LogP contribution in [-0.4, -0.2) is 40.9 Å². The van der Waals surface area contributed by atoms with E-state index in [4.69, 9.17) is 14.7 Å². The lowest BCUT2D eigenvalue weighted by atomic mass is 9.95. The van der Waals surface area contributed by atoms with Gasteiger partial charge in [0, 0.05) is 87.9 Å². The van der Waals surface area contributed by atoms with Crippen LogP contribution in [-0.2, 0) is 4.79 Å². The molecule has 2 aliphatic rings. The molecule has 0 atom stereocenters. The summed E-state index contributed by atoms with van der Waals surface area (Å²) in [5, 5.41) is 0. The van der Waals surface area contributed by atoms with E-state index in [-0.39, 0.29) is 12.4 Å². The lowest BCUT2D eigenvalue weighted by Crippen LogP contribution is -2.05. The van der Waals surface area contributed by atoms with Crippen LogP contribution >= 0.6 is 0 Å². The molecular formula is C44H31N7O2. The molecule has 254 valence electrons. The molecule has 7 aromatic rings. The van der Waals surface area contributed by atoms with Crippen LogP contribution in [0.5, 0.6) is 5.75 Å². The third-order valence-corrected chi connectivity index (χ3v) is 9.27. The normalized spacial score (nSPS) is 11.9. The van der Waals surface area contributed by atoms with Crippen LogP contribution < -0.4 is 4.74 Å². The molecule has 1 aromatic carbocycles. The largest absolute Gasteiger partial charge is 0.427 e. The average Bonchev–Trinajstić information content (AvgIpc) is 4.04. The van der Waals surface area contributed by atoms with E-state index in [2.05, 4.69) is 61.3 Å². The monoisotopic (exact) mass is 689 g/mol. The van der Waals surface area contributed by atoms with Crippen LogP contribution in [0.1, 0.15) is 36.1 Å². The number of hydrogen-bond acceptors (Lipinski definition) is 7. The zero-order chi connectivity index (χ0) is 35.7. The van der Waals surface area contributed by atoms with Gasteiger partial charge >= 0.3 is 5.97 Å². The summed E-state index contributed by atoms with van der Waals surface area (Å²) in [6, 6.07) is 27.9. The topological polar surface area (TPSA) is 122 Å². The number of carbonyl (C=O) groups is 1. The second-order valence-electron chi connectivity index (χ2n) is 12.6. The molecule has 0 amide bonds. The summed E-state index contributed by atoms with van der Waals surface area (Å²) in [5.74, 6) is 0.183. The van der Waals surface area contributed by atoms with Gasteiger partial charge in [-0.05, 0) is 119 Å². The van der Waals surface area contributed by atoms with Gasteiger partial charge in [-0.15, -0.1) is 0 Å². The maximum atomic E-state index is 12.2. The highest BCUT2D eigenvalue weighted by molar-refractivity contribution is 5.99. The second kappa shape index (κ2) is 13.5. The fraction of sp³-hybridized carbons (Fsp3) is 0.0455. The SMILES string of the molecule is CCC(=O)Oc1cccc(-c2cnccc2-c2c3nc(cc4ccc([nH]4)c(-c4ccncc4)c4nc(c(-c5ccncc5)c5ccc2[nH]5)C=C4)C=C3)c1. The molecule has 6 aromatic heterocycles. The summed E-state index contributed by atoms with van der Waals surface area (Å²) in [5.41, 5.74) is 14.2. The molecule has 53 heavy (non-hydrogen) atoms. The summed E-state index contributed by atoms with van der Waals surface area (Å²) >= 11 is 0. The molecule has 8 heterocycles. The highest BCUT2D eigenvalue weighted by Crippen LogP contribution is 2.39. The van der Waals surface area contributed by atoms with Crippen molar-refractivity contribution in [2.24, 2.45) is 0 Å². The van der Waals surface area contributed by atoms with Crippen LogP contribution in [0.4, 0.5) is 0 Å². The molecule has 2 aliphatic heterocycles. The number of esters is 1. The van der Waals surface area contributed by atoms with Crippen molar-refractivity contribution in [3.63, 3.8) is 0 Å². The molecule has 9 nitrogen and oxygen atoms in total. The van der Waals surface area contributed by atoms with E-state index in [0.29, 0.717) is 5.75 Å². The molecule has 0 unspecified atom stereocenters. The van der Waals surface area contributed by atoms with Crippen molar-refractivity contribution in [2.75, 3.05) is 0 Å². The number of hydrogen-bond donors (Lipinski definition) is 2. The number of aromatic amines is 2. The zero-order valence-electron chi connectivity index (χ0n) is 28.6.